The predicted octanol–water partition coefficient (Wildman–Crippen LogP) is 5.37. The van der Waals surface area contributed by atoms with Gasteiger partial charge >= 0.3 is 21.1 Å². The van der Waals surface area contributed by atoms with Crippen molar-refractivity contribution in [3.8, 4) is 0 Å². The van der Waals surface area contributed by atoms with Gasteiger partial charge in [0.2, 0.25) is 0 Å². The van der Waals surface area contributed by atoms with Crippen molar-refractivity contribution in [2.45, 2.75) is 55.4 Å². The van der Waals surface area contributed by atoms with Crippen LogP contribution in [0.5, 0.6) is 0 Å². The Morgan fingerprint density at radius 2 is 1.20 bits per heavy atom. The maximum Gasteiger partial charge on any atom is 4.00 e. The van der Waals surface area contributed by atoms with E-state index in [0.29, 0.717) is 12.1 Å². The fourth-order valence-electron chi connectivity index (χ4n) is 0.404. The fourth-order valence-corrected chi connectivity index (χ4v) is 0.404. The second-order valence-corrected chi connectivity index (χ2v) is 1.76. The molecule has 0 spiro atoms. The van der Waals surface area contributed by atoms with Crippen LogP contribution in [-0.4, -0.2) is 5.71 Å². The molecule has 0 saturated heterocycles. The molecule has 0 N–H and O–H groups in total. The van der Waals surface area contributed by atoms with E-state index in [0.717, 1.165) is 5.57 Å². The molecule has 0 bridgehead atoms. The third-order valence-corrected chi connectivity index (χ3v) is 0.535. The molecule has 2 heteroatoms. The summed E-state index contributed by atoms with van der Waals surface area (Å²) in [5.41, 5.74) is 1.13. The van der Waals surface area contributed by atoms with Gasteiger partial charge in [-0.15, -0.1) is 0 Å². The zero-order valence-electron chi connectivity index (χ0n) is 11.0. The minimum Gasteiger partial charge on any atom is -0.811 e. The standard InChI is InChI=1S/C6H9N.2C2H6.CH4.2CH3.Pt/c1-5(2)4-6(3)7;2*1-2;;;;/h1H,4H2,2-3H3;2*1-2H3;1H4;2*1H3;/q-2;;;;2*-1;+4. The van der Waals surface area contributed by atoms with Crippen molar-refractivity contribution in [1.82, 2.24) is 0 Å². The van der Waals surface area contributed by atoms with Gasteiger partial charge in [0, 0.05) is 0 Å². The number of allylic oxidation sites excluding steroid dienone is 1. The molecular weight excluding hydrogens is 365 g/mol. The van der Waals surface area contributed by atoms with Crippen LogP contribution in [0.1, 0.15) is 55.4 Å². The van der Waals surface area contributed by atoms with Gasteiger partial charge in [-0.05, 0) is 0 Å². The molecule has 0 fully saturated rings. The van der Waals surface area contributed by atoms with Gasteiger partial charge in [-0.1, -0.05) is 55.4 Å². The van der Waals surface area contributed by atoms with Crippen molar-refractivity contribution in [2.75, 3.05) is 0 Å². The Bertz CT molecular complexity index is 86.7. The first kappa shape index (κ1) is 45.8. The molecule has 0 aromatic carbocycles. The summed E-state index contributed by atoms with van der Waals surface area (Å²) in [5, 5.41) is 8.54. The second-order valence-electron chi connectivity index (χ2n) is 1.76. The molecular formula is C13H31NPt. The maximum atomic E-state index is 8.54. The Labute approximate surface area is 115 Å². The minimum absolute atomic E-state index is 0. The zero-order chi connectivity index (χ0) is 9.86. The van der Waals surface area contributed by atoms with Crippen LogP contribution in [0.25, 0.3) is 5.41 Å². The number of hydrogen-bond donors (Lipinski definition) is 0. The topological polar surface area (TPSA) is 22.3 Å². The quantitative estimate of drug-likeness (QED) is 0.442. The summed E-state index contributed by atoms with van der Waals surface area (Å²) in [5.74, 6) is 0. The minimum atomic E-state index is 0. The summed E-state index contributed by atoms with van der Waals surface area (Å²) in [6.07, 6.45) is 0.528. The molecule has 15 heavy (non-hydrogen) atoms. The molecule has 0 aliphatic carbocycles. The van der Waals surface area contributed by atoms with Crippen molar-refractivity contribution < 1.29 is 21.1 Å². The van der Waals surface area contributed by atoms with Crippen LogP contribution in [0.3, 0.4) is 0 Å². The van der Waals surface area contributed by atoms with Gasteiger partial charge in [0.1, 0.15) is 0 Å². The molecule has 0 aliphatic rings. The van der Waals surface area contributed by atoms with E-state index in [-0.39, 0.29) is 43.3 Å². The van der Waals surface area contributed by atoms with Crippen LogP contribution >= 0.6 is 0 Å². The first-order valence-corrected chi connectivity index (χ1v) is 4.22. The third-order valence-electron chi connectivity index (χ3n) is 0.535. The van der Waals surface area contributed by atoms with Crippen molar-refractivity contribution in [1.29, 1.82) is 0 Å². The third kappa shape index (κ3) is 123. The van der Waals surface area contributed by atoms with Crippen LogP contribution in [0.4, 0.5) is 0 Å². The van der Waals surface area contributed by atoms with E-state index in [9.17, 15) is 0 Å². The van der Waals surface area contributed by atoms with Crippen LogP contribution in [0.15, 0.2) is 5.57 Å². The SMILES string of the molecule is C.CC.CC.[CH-]=C(C)CC(C)=[N-].[CH3-].[CH3-].[Pt+4]. The second kappa shape index (κ2) is 48.0. The van der Waals surface area contributed by atoms with E-state index in [2.05, 4.69) is 0 Å². The van der Waals surface area contributed by atoms with Crippen LogP contribution in [0.2, 0.25) is 0 Å². The molecule has 98 valence electrons. The number of hydrogen-bond acceptors (Lipinski definition) is 0. The van der Waals surface area contributed by atoms with Crippen molar-refractivity contribution in [3.05, 3.63) is 32.4 Å². The average molecular weight is 396 g/mol. The van der Waals surface area contributed by atoms with Crippen LogP contribution in [0, 0.1) is 21.4 Å². The van der Waals surface area contributed by atoms with Gasteiger partial charge in [-0.25, -0.2) is 5.71 Å². The van der Waals surface area contributed by atoms with Gasteiger partial charge < -0.3 is 26.8 Å². The summed E-state index contributed by atoms with van der Waals surface area (Å²) in [7, 11) is 0. The first-order valence-electron chi connectivity index (χ1n) is 4.22. The Morgan fingerprint density at radius 1 is 1.00 bits per heavy atom. The van der Waals surface area contributed by atoms with Gasteiger partial charge in [-0.3, -0.25) is 5.57 Å². The molecule has 0 rings (SSSR count). The summed E-state index contributed by atoms with van der Waals surface area (Å²) in [6.45, 7) is 16.6. The molecule has 1 nitrogen and oxygen atoms in total. The molecule has 0 aromatic heterocycles. The van der Waals surface area contributed by atoms with Crippen molar-refractivity contribution >= 4 is 5.71 Å². The number of nitrogens with zero attached hydrogens (tertiary/aromatic N) is 1. The van der Waals surface area contributed by atoms with Crippen LogP contribution in [-0.2, 0) is 21.1 Å². The van der Waals surface area contributed by atoms with E-state index in [1.165, 1.54) is 0 Å². The van der Waals surface area contributed by atoms with E-state index in [1.807, 2.05) is 27.7 Å². The van der Waals surface area contributed by atoms with Gasteiger partial charge in [0.25, 0.3) is 0 Å². The van der Waals surface area contributed by atoms with Gasteiger partial charge in [-0.2, -0.15) is 0 Å². The maximum absolute atomic E-state index is 8.54. The Balaban J connectivity index is -0.0000000145. The molecule has 0 amide bonds. The molecule has 0 heterocycles. The van der Waals surface area contributed by atoms with E-state index < -0.39 is 0 Å². The molecule has 0 atom stereocenters. The predicted molar refractivity (Wildman–Crippen MR) is 74.4 cm³/mol. The molecule has 0 radical (unpaired) electrons. The Hall–Kier alpha value is 0.0983. The smallest absolute Gasteiger partial charge is 0.811 e. The first-order chi connectivity index (χ1) is 5.13. The van der Waals surface area contributed by atoms with Crippen molar-refractivity contribution in [3.63, 3.8) is 0 Å². The molecule has 0 aromatic rings. The van der Waals surface area contributed by atoms with E-state index in [1.54, 1.807) is 13.8 Å². The molecule has 0 unspecified atom stereocenters. The van der Waals surface area contributed by atoms with Gasteiger partial charge in [0.05, 0.1) is 0 Å². The van der Waals surface area contributed by atoms with E-state index >= 15 is 0 Å². The molecule has 0 saturated carbocycles. The zero-order valence-corrected chi connectivity index (χ0v) is 13.3. The van der Waals surface area contributed by atoms with Crippen molar-refractivity contribution in [2.24, 2.45) is 0 Å². The Kier molecular flexibility index (Phi) is 146. The van der Waals surface area contributed by atoms with E-state index in [4.69, 9.17) is 12.0 Å². The molecule has 0 aliphatic heterocycles. The largest absolute Gasteiger partial charge is 4.00 e. The number of rotatable bonds is 2. The Morgan fingerprint density at radius 3 is 1.20 bits per heavy atom. The van der Waals surface area contributed by atoms with Gasteiger partial charge in [0.15, 0.2) is 0 Å². The summed E-state index contributed by atoms with van der Waals surface area (Å²) >= 11 is 0. The summed E-state index contributed by atoms with van der Waals surface area (Å²) in [4.78, 5) is 0. The van der Waals surface area contributed by atoms with Crippen LogP contribution < -0.4 is 0 Å². The summed E-state index contributed by atoms with van der Waals surface area (Å²) < 4.78 is 0. The summed E-state index contributed by atoms with van der Waals surface area (Å²) in [6, 6.07) is 0. The normalized spacial score (nSPS) is 4.67. The fraction of sp³-hybridized carbons (Fsp3) is 0.615. The average Bonchev–Trinajstić information content (AvgIpc) is 1.93. The monoisotopic (exact) mass is 396 g/mol.